The van der Waals surface area contributed by atoms with Crippen LogP contribution in [0, 0.1) is 11.3 Å². The number of piperidine rings is 1. The Morgan fingerprint density at radius 1 is 1.20 bits per heavy atom. The van der Waals surface area contributed by atoms with Gasteiger partial charge in [-0.05, 0) is 36.3 Å². The van der Waals surface area contributed by atoms with Crippen molar-refractivity contribution in [3.63, 3.8) is 0 Å². The second-order valence-corrected chi connectivity index (χ2v) is 5.78. The molecule has 20 heavy (non-hydrogen) atoms. The summed E-state index contributed by atoms with van der Waals surface area (Å²) in [7, 11) is 0. The highest BCUT2D eigenvalue weighted by Gasteiger charge is 2.19. The summed E-state index contributed by atoms with van der Waals surface area (Å²) in [5.41, 5.74) is 7.80. The van der Waals surface area contributed by atoms with Crippen LogP contribution in [0.5, 0.6) is 0 Å². The van der Waals surface area contributed by atoms with Gasteiger partial charge in [0, 0.05) is 29.7 Å². The van der Waals surface area contributed by atoms with Gasteiger partial charge in [0.15, 0.2) is 0 Å². The molecule has 1 unspecified atom stereocenters. The first-order valence-corrected chi connectivity index (χ1v) is 7.28. The highest BCUT2D eigenvalue weighted by molar-refractivity contribution is 6.10. The molecule has 3 heteroatoms. The number of amidine groups is 1. The number of nitrogen functional groups attached to an aromatic ring is 1. The van der Waals surface area contributed by atoms with E-state index in [1.807, 2.05) is 12.1 Å². The van der Waals surface area contributed by atoms with Gasteiger partial charge in [-0.3, -0.25) is 5.41 Å². The molecule has 0 aromatic heterocycles. The SMILES string of the molecule is CC1CCCN(c2ccc(C(=N)N)c3ccccc23)C1. The minimum Gasteiger partial charge on any atom is -0.384 e. The first-order valence-electron chi connectivity index (χ1n) is 7.28. The first kappa shape index (κ1) is 13.0. The van der Waals surface area contributed by atoms with Gasteiger partial charge in [-0.1, -0.05) is 31.2 Å². The second-order valence-electron chi connectivity index (χ2n) is 5.78. The van der Waals surface area contributed by atoms with E-state index in [-0.39, 0.29) is 5.84 Å². The molecular formula is C17H21N3. The average molecular weight is 267 g/mol. The summed E-state index contributed by atoms with van der Waals surface area (Å²) in [6.45, 7) is 4.55. The Morgan fingerprint density at radius 3 is 2.65 bits per heavy atom. The van der Waals surface area contributed by atoms with Crippen molar-refractivity contribution in [2.24, 2.45) is 11.7 Å². The molecule has 1 aliphatic rings. The van der Waals surface area contributed by atoms with E-state index in [2.05, 4.69) is 36.1 Å². The summed E-state index contributed by atoms with van der Waals surface area (Å²) in [5, 5.41) is 10.0. The minimum absolute atomic E-state index is 0.139. The molecule has 3 nitrogen and oxygen atoms in total. The molecule has 2 aromatic carbocycles. The van der Waals surface area contributed by atoms with Crippen molar-refractivity contribution in [3.05, 3.63) is 42.0 Å². The predicted molar refractivity (Wildman–Crippen MR) is 85.6 cm³/mol. The standard InChI is InChI=1S/C17H21N3/c1-12-5-4-10-20(11-12)16-9-8-15(17(18)19)13-6-2-3-7-14(13)16/h2-3,6-9,12H,4-5,10-11H2,1H3,(H3,18,19). The molecule has 104 valence electrons. The number of hydrogen-bond acceptors (Lipinski definition) is 2. The number of anilines is 1. The predicted octanol–water partition coefficient (Wildman–Crippen LogP) is 3.36. The van der Waals surface area contributed by atoms with Crippen LogP contribution in [-0.2, 0) is 0 Å². The van der Waals surface area contributed by atoms with Crippen LogP contribution in [0.15, 0.2) is 36.4 Å². The van der Waals surface area contributed by atoms with E-state index in [1.54, 1.807) is 0 Å². The lowest BCUT2D eigenvalue weighted by molar-refractivity contribution is 0.447. The number of nitrogens with two attached hydrogens (primary N) is 1. The fraction of sp³-hybridized carbons (Fsp3) is 0.353. The molecule has 0 amide bonds. The van der Waals surface area contributed by atoms with Crippen LogP contribution in [0.3, 0.4) is 0 Å². The van der Waals surface area contributed by atoms with Crippen molar-refractivity contribution in [1.29, 1.82) is 5.41 Å². The Morgan fingerprint density at radius 2 is 1.95 bits per heavy atom. The van der Waals surface area contributed by atoms with E-state index in [0.29, 0.717) is 0 Å². The van der Waals surface area contributed by atoms with Crippen molar-refractivity contribution in [2.75, 3.05) is 18.0 Å². The maximum Gasteiger partial charge on any atom is 0.123 e. The van der Waals surface area contributed by atoms with Gasteiger partial charge < -0.3 is 10.6 Å². The summed E-state index contributed by atoms with van der Waals surface area (Å²) in [6.07, 6.45) is 2.57. The molecule has 3 N–H and O–H groups in total. The van der Waals surface area contributed by atoms with Crippen molar-refractivity contribution in [2.45, 2.75) is 19.8 Å². The minimum atomic E-state index is 0.139. The quantitative estimate of drug-likeness (QED) is 0.647. The zero-order valence-corrected chi connectivity index (χ0v) is 11.9. The Bertz CT molecular complexity index is 648. The molecular weight excluding hydrogens is 246 g/mol. The first-order chi connectivity index (χ1) is 9.66. The van der Waals surface area contributed by atoms with Gasteiger partial charge in [0.25, 0.3) is 0 Å². The largest absolute Gasteiger partial charge is 0.384 e. The number of fused-ring (bicyclic) bond motifs is 1. The summed E-state index contributed by atoms with van der Waals surface area (Å²) in [5.74, 6) is 0.884. The van der Waals surface area contributed by atoms with E-state index in [4.69, 9.17) is 11.1 Å². The third kappa shape index (κ3) is 2.24. The lowest BCUT2D eigenvalue weighted by atomic mass is 9.97. The molecule has 3 rings (SSSR count). The van der Waals surface area contributed by atoms with Crippen LogP contribution < -0.4 is 10.6 Å². The summed E-state index contributed by atoms with van der Waals surface area (Å²) < 4.78 is 0. The maximum absolute atomic E-state index is 7.73. The third-order valence-electron chi connectivity index (χ3n) is 4.19. The van der Waals surface area contributed by atoms with Crippen LogP contribution in [0.4, 0.5) is 5.69 Å². The smallest absolute Gasteiger partial charge is 0.123 e. The zero-order valence-electron chi connectivity index (χ0n) is 11.9. The van der Waals surface area contributed by atoms with Crippen molar-refractivity contribution < 1.29 is 0 Å². The molecule has 0 radical (unpaired) electrons. The van der Waals surface area contributed by atoms with Gasteiger partial charge in [-0.25, -0.2) is 0 Å². The van der Waals surface area contributed by atoms with Crippen LogP contribution in [0.2, 0.25) is 0 Å². The van der Waals surface area contributed by atoms with Crippen LogP contribution in [-0.4, -0.2) is 18.9 Å². The summed E-state index contributed by atoms with van der Waals surface area (Å²) >= 11 is 0. The lowest BCUT2D eigenvalue weighted by Gasteiger charge is -2.33. The van der Waals surface area contributed by atoms with Crippen LogP contribution in [0.25, 0.3) is 10.8 Å². The monoisotopic (exact) mass is 267 g/mol. The molecule has 2 aromatic rings. The fourth-order valence-electron chi connectivity index (χ4n) is 3.20. The van der Waals surface area contributed by atoms with Crippen molar-refractivity contribution in [3.8, 4) is 0 Å². The summed E-state index contributed by atoms with van der Waals surface area (Å²) in [4.78, 5) is 2.47. The van der Waals surface area contributed by atoms with Gasteiger partial charge in [-0.15, -0.1) is 0 Å². The topological polar surface area (TPSA) is 53.1 Å². The molecule has 0 spiro atoms. The van der Waals surface area contributed by atoms with Crippen LogP contribution >= 0.6 is 0 Å². The number of rotatable bonds is 2. The van der Waals surface area contributed by atoms with E-state index in [9.17, 15) is 0 Å². The Balaban J connectivity index is 2.12. The number of benzene rings is 2. The van der Waals surface area contributed by atoms with Crippen molar-refractivity contribution >= 4 is 22.3 Å². The summed E-state index contributed by atoms with van der Waals surface area (Å²) in [6, 6.07) is 12.4. The van der Waals surface area contributed by atoms with E-state index < -0.39 is 0 Å². The second kappa shape index (κ2) is 5.16. The van der Waals surface area contributed by atoms with Gasteiger partial charge in [-0.2, -0.15) is 0 Å². The maximum atomic E-state index is 7.73. The molecule has 0 aliphatic carbocycles. The number of nitrogens with zero attached hydrogens (tertiary/aromatic N) is 1. The molecule has 1 aliphatic heterocycles. The Hall–Kier alpha value is -2.03. The number of hydrogen-bond donors (Lipinski definition) is 2. The van der Waals surface area contributed by atoms with Gasteiger partial charge in [0.1, 0.15) is 5.84 Å². The highest BCUT2D eigenvalue weighted by atomic mass is 15.1. The molecule has 1 heterocycles. The van der Waals surface area contributed by atoms with Gasteiger partial charge >= 0.3 is 0 Å². The normalized spacial score (nSPS) is 19.2. The van der Waals surface area contributed by atoms with E-state index >= 15 is 0 Å². The van der Waals surface area contributed by atoms with Gasteiger partial charge in [0.2, 0.25) is 0 Å². The van der Waals surface area contributed by atoms with Crippen LogP contribution in [0.1, 0.15) is 25.3 Å². The number of nitrogens with one attached hydrogen (secondary N) is 1. The average Bonchev–Trinajstić information content (AvgIpc) is 2.46. The Labute approximate surface area is 119 Å². The van der Waals surface area contributed by atoms with Crippen molar-refractivity contribution in [1.82, 2.24) is 0 Å². The Kier molecular flexibility index (Phi) is 3.35. The highest BCUT2D eigenvalue weighted by Crippen LogP contribution is 2.32. The zero-order chi connectivity index (χ0) is 14.1. The van der Waals surface area contributed by atoms with Gasteiger partial charge in [0.05, 0.1) is 0 Å². The lowest BCUT2D eigenvalue weighted by Crippen LogP contribution is -2.34. The molecule has 1 saturated heterocycles. The molecule has 1 atom stereocenters. The fourth-order valence-corrected chi connectivity index (χ4v) is 3.20. The molecule has 0 saturated carbocycles. The van der Waals surface area contributed by atoms with E-state index in [0.717, 1.165) is 30.0 Å². The third-order valence-corrected chi connectivity index (χ3v) is 4.19. The molecule has 1 fully saturated rings. The molecule has 0 bridgehead atoms. The van der Waals surface area contributed by atoms with E-state index in [1.165, 1.54) is 23.9 Å².